The van der Waals surface area contributed by atoms with E-state index in [-0.39, 0.29) is 11.9 Å². The van der Waals surface area contributed by atoms with Crippen LogP contribution in [-0.4, -0.2) is 43.0 Å². The normalized spacial score (nSPS) is 17.0. The van der Waals surface area contributed by atoms with Crippen molar-refractivity contribution in [3.8, 4) is 0 Å². The molecule has 3 amide bonds. The smallest absolute Gasteiger partial charge is 0.323 e. The lowest BCUT2D eigenvalue weighted by Gasteiger charge is -2.34. The molecule has 4 rings (SSSR count). The lowest BCUT2D eigenvalue weighted by molar-refractivity contribution is 0.0697. The van der Waals surface area contributed by atoms with E-state index in [1.807, 2.05) is 47.4 Å². The van der Waals surface area contributed by atoms with Gasteiger partial charge in [-0.3, -0.25) is 4.79 Å². The monoisotopic (exact) mass is 448 g/mol. The van der Waals surface area contributed by atoms with Crippen LogP contribution < -0.4 is 15.5 Å². The number of nitrogens with one attached hydrogen (secondary N) is 2. The quantitative estimate of drug-likeness (QED) is 0.612. The summed E-state index contributed by atoms with van der Waals surface area (Å²) in [5.74, 6) is 0.736. The Labute approximate surface area is 197 Å². The highest BCUT2D eigenvalue weighted by Gasteiger charge is 2.26. The maximum atomic E-state index is 13.5. The highest BCUT2D eigenvalue weighted by Crippen LogP contribution is 2.30. The zero-order valence-corrected chi connectivity index (χ0v) is 19.9. The van der Waals surface area contributed by atoms with Gasteiger partial charge in [-0.1, -0.05) is 26.0 Å². The highest BCUT2D eigenvalue weighted by atomic mass is 16.2. The average Bonchev–Trinajstić information content (AvgIpc) is 2.85. The molecule has 0 aromatic heterocycles. The lowest BCUT2D eigenvalue weighted by Crippen LogP contribution is -2.39. The fourth-order valence-electron chi connectivity index (χ4n) is 4.69. The molecule has 2 aromatic carbocycles. The Morgan fingerprint density at radius 2 is 1.52 bits per heavy atom. The minimum Gasteiger partial charge on any atom is -0.371 e. The van der Waals surface area contributed by atoms with Crippen molar-refractivity contribution in [3.63, 3.8) is 0 Å². The van der Waals surface area contributed by atoms with Gasteiger partial charge in [0.05, 0.1) is 5.56 Å². The van der Waals surface area contributed by atoms with Gasteiger partial charge in [0.1, 0.15) is 0 Å². The number of carbonyl (C=O) groups is 2. The van der Waals surface area contributed by atoms with Crippen molar-refractivity contribution in [2.75, 3.05) is 41.7 Å². The number of likely N-dealkylation sites (tertiary alicyclic amines) is 1. The summed E-state index contributed by atoms with van der Waals surface area (Å²) < 4.78 is 0. The third kappa shape index (κ3) is 5.86. The summed E-state index contributed by atoms with van der Waals surface area (Å²) in [6, 6.07) is 13.3. The summed E-state index contributed by atoms with van der Waals surface area (Å²) in [7, 11) is 0. The van der Waals surface area contributed by atoms with Gasteiger partial charge in [0.2, 0.25) is 0 Å². The molecule has 33 heavy (non-hydrogen) atoms. The van der Waals surface area contributed by atoms with Crippen molar-refractivity contribution in [2.45, 2.75) is 52.4 Å². The van der Waals surface area contributed by atoms with Crippen LogP contribution in [0.3, 0.4) is 0 Å². The average molecular weight is 449 g/mol. The highest BCUT2D eigenvalue weighted by molar-refractivity contribution is 6.04. The van der Waals surface area contributed by atoms with Gasteiger partial charge in [-0.25, -0.2) is 4.79 Å². The number of piperidine rings is 2. The molecule has 0 radical (unpaired) electrons. The standard InChI is InChI=1S/C27H36N4O2/c1-3-21-7-9-22(10-8-21)28-27(33)29-23-11-12-25(30-15-5-4-6-16-30)24(19-23)26(32)31-17-13-20(2)14-18-31/h7-12,19-20H,3-6,13-18H2,1-2H3,(H2,28,29,33). The summed E-state index contributed by atoms with van der Waals surface area (Å²) in [5.41, 5.74) is 4.28. The van der Waals surface area contributed by atoms with Crippen molar-refractivity contribution in [1.82, 2.24) is 4.90 Å². The zero-order valence-electron chi connectivity index (χ0n) is 19.9. The minimum absolute atomic E-state index is 0.0710. The summed E-state index contributed by atoms with van der Waals surface area (Å²) in [4.78, 5) is 30.4. The molecule has 176 valence electrons. The van der Waals surface area contributed by atoms with Crippen molar-refractivity contribution < 1.29 is 9.59 Å². The van der Waals surface area contributed by atoms with E-state index in [4.69, 9.17) is 0 Å². The number of amides is 3. The van der Waals surface area contributed by atoms with E-state index in [0.29, 0.717) is 17.2 Å². The van der Waals surface area contributed by atoms with Crippen LogP contribution >= 0.6 is 0 Å². The van der Waals surface area contributed by atoms with Gasteiger partial charge in [-0.2, -0.15) is 0 Å². The Morgan fingerprint density at radius 3 is 2.18 bits per heavy atom. The maximum Gasteiger partial charge on any atom is 0.323 e. The second kappa shape index (κ2) is 10.7. The number of urea groups is 1. The maximum absolute atomic E-state index is 13.5. The molecular formula is C27H36N4O2. The molecule has 0 atom stereocenters. The van der Waals surface area contributed by atoms with Crippen LogP contribution in [0.1, 0.15) is 61.9 Å². The third-order valence-corrected chi connectivity index (χ3v) is 6.87. The number of nitrogens with zero attached hydrogens (tertiary/aromatic N) is 2. The number of hydrogen-bond donors (Lipinski definition) is 2. The molecule has 6 nitrogen and oxygen atoms in total. The first-order valence-electron chi connectivity index (χ1n) is 12.4. The van der Waals surface area contributed by atoms with Gasteiger partial charge >= 0.3 is 6.03 Å². The number of rotatable bonds is 5. The fraction of sp³-hybridized carbons (Fsp3) is 0.481. The van der Waals surface area contributed by atoms with E-state index in [9.17, 15) is 9.59 Å². The Kier molecular flexibility index (Phi) is 7.53. The Balaban J connectivity index is 1.52. The fourth-order valence-corrected chi connectivity index (χ4v) is 4.69. The topological polar surface area (TPSA) is 64.7 Å². The van der Waals surface area contributed by atoms with Crippen molar-refractivity contribution >= 4 is 29.0 Å². The summed E-state index contributed by atoms with van der Waals surface area (Å²) in [5, 5.41) is 5.80. The largest absolute Gasteiger partial charge is 0.371 e. The van der Waals surface area contributed by atoms with Crippen LogP contribution in [0.15, 0.2) is 42.5 Å². The molecule has 2 saturated heterocycles. The molecule has 2 aliphatic heterocycles. The summed E-state index contributed by atoms with van der Waals surface area (Å²) >= 11 is 0. The van der Waals surface area contributed by atoms with Gasteiger partial charge in [0.15, 0.2) is 0 Å². The number of aryl methyl sites for hydroxylation is 1. The molecule has 0 bridgehead atoms. The molecule has 2 aliphatic rings. The Morgan fingerprint density at radius 1 is 0.879 bits per heavy atom. The van der Waals surface area contributed by atoms with Gasteiger partial charge in [0.25, 0.3) is 5.91 Å². The van der Waals surface area contributed by atoms with Crippen molar-refractivity contribution in [3.05, 3.63) is 53.6 Å². The van der Waals surface area contributed by atoms with Gasteiger partial charge in [-0.05, 0) is 80.3 Å². The van der Waals surface area contributed by atoms with E-state index in [0.717, 1.165) is 69.7 Å². The minimum atomic E-state index is -0.310. The molecule has 0 unspecified atom stereocenters. The van der Waals surface area contributed by atoms with E-state index in [1.165, 1.54) is 12.0 Å². The van der Waals surface area contributed by atoms with E-state index in [2.05, 4.69) is 29.4 Å². The van der Waals surface area contributed by atoms with Crippen molar-refractivity contribution in [1.29, 1.82) is 0 Å². The second-order valence-electron chi connectivity index (χ2n) is 9.38. The Hall–Kier alpha value is -3.02. The van der Waals surface area contributed by atoms with Crippen LogP contribution in [-0.2, 0) is 6.42 Å². The number of carbonyl (C=O) groups excluding carboxylic acids is 2. The van der Waals surface area contributed by atoms with Gasteiger partial charge < -0.3 is 20.4 Å². The first-order chi connectivity index (χ1) is 16.0. The molecule has 2 heterocycles. The zero-order chi connectivity index (χ0) is 23.2. The third-order valence-electron chi connectivity index (χ3n) is 6.87. The SMILES string of the molecule is CCc1ccc(NC(=O)Nc2ccc(N3CCCCC3)c(C(=O)N3CCC(C)CC3)c2)cc1. The van der Waals surface area contributed by atoms with Crippen LogP contribution in [0.4, 0.5) is 21.9 Å². The van der Waals surface area contributed by atoms with Crippen LogP contribution in [0.2, 0.25) is 0 Å². The van der Waals surface area contributed by atoms with E-state index in [1.54, 1.807) is 0 Å². The molecule has 2 fully saturated rings. The summed E-state index contributed by atoms with van der Waals surface area (Å²) in [6.07, 6.45) is 6.58. The van der Waals surface area contributed by atoms with Crippen LogP contribution in [0.5, 0.6) is 0 Å². The molecule has 2 aromatic rings. The number of hydrogen-bond acceptors (Lipinski definition) is 3. The molecule has 6 heteroatoms. The van der Waals surface area contributed by atoms with Crippen molar-refractivity contribution in [2.24, 2.45) is 5.92 Å². The summed E-state index contributed by atoms with van der Waals surface area (Å²) in [6.45, 7) is 7.89. The van der Waals surface area contributed by atoms with Crippen LogP contribution in [0.25, 0.3) is 0 Å². The molecule has 0 aliphatic carbocycles. The molecule has 0 saturated carbocycles. The van der Waals surface area contributed by atoms with Crippen LogP contribution in [0, 0.1) is 5.92 Å². The number of benzene rings is 2. The first-order valence-corrected chi connectivity index (χ1v) is 12.4. The first kappa shape index (κ1) is 23.1. The van der Waals surface area contributed by atoms with E-state index >= 15 is 0 Å². The second-order valence-corrected chi connectivity index (χ2v) is 9.38. The predicted molar refractivity (Wildman–Crippen MR) is 135 cm³/mol. The van der Waals surface area contributed by atoms with E-state index < -0.39 is 0 Å². The van der Waals surface area contributed by atoms with Gasteiger partial charge in [0, 0.05) is 43.2 Å². The Bertz CT molecular complexity index is 959. The van der Waals surface area contributed by atoms with Gasteiger partial charge in [-0.15, -0.1) is 0 Å². The predicted octanol–water partition coefficient (Wildman–Crippen LogP) is 5.76. The molecule has 2 N–H and O–H groups in total. The number of anilines is 3. The molecule has 0 spiro atoms. The molecular weight excluding hydrogens is 412 g/mol. The lowest BCUT2D eigenvalue weighted by atomic mass is 9.98.